The van der Waals surface area contributed by atoms with Crippen molar-refractivity contribution < 1.29 is 9.50 Å². The third-order valence-corrected chi connectivity index (χ3v) is 3.49. The minimum Gasteiger partial charge on any atom is -0.379 e. The van der Waals surface area contributed by atoms with E-state index in [4.69, 9.17) is 0 Å². The Kier molecular flexibility index (Phi) is 3.67. The molecule has 2 nitrogen and oxygen atoms in total. The molecule has 1 aromatic heterocycles. The molecule has 0 bridgehead atoms. The second-order valence-electron chi connectivity index (χ2n) is 4.89. The number of hydrogen-bond acceptors (Lipinski definition) is 2. The van der Waals surface area contributed by atoms with Crippen LogP contribution < -0.4 is 0 Å². The molecule has 0 aliphatic heterocycles. The van der Waals surface area contributed by atoms with Gasteiger partial charge in [-0.15, -0.1) is 0 Å². The van der Waals surface area contributed by atoms with Crippen LogP contribution in [0, 0.1) is 19.7 Å². The molecule has 1 heterocycles. The zero-order chi connectivity index (χ0) is 14.0. The molecule has 0 fully saturated rings. The average Bonchev–Trinajstić information content (AvgIpc) is 2.38. The van der Waals surface area contributed by atoms with E-state index in [0.29, 0.717) is 12.1 Å². The van der Waals surface area contributed by atoms with Gasteiger partial charge in [0, 0.05) is 0 Å². The van der Waals surface area contributed by atoms with Crippen LogP contribution in [0.3, 0.4) is 0 Å². The number of halogens is 1. The van der Waals surface area contributed by atoms with E-state index >= 15 is 0 Å². The Balaban J connectivity index is 2.56. The molecule has 19 heavy (non-hydrogen) atoms. The summed E-state index contributed by atoms with van der Waals surface area (Å²) in [5, 5.41) is 10.9. The fourth-order valence-electron chi connectivity index (χ4n) is 2.41. The lowest BCUT2D eigenvalue weighted by Crippen LogP contribution is -2.28. The zero-order valence-corrected chi connectivity index (χ0v) is 11.4. The maximum atomic E-state index is 13.0. The molecule has 3 heteroatoms. The van der Waals surface area contributed by atoms with Gasteiger partial charge in [-0.2, -0.15) is 0 Å². The molecule has 0 aliphatic carbocycles. The van der Waals surface area contributed by atoms with Gasteiger partial charge < -0.3 is 5.11 Å². The second kappa shape index (κ2) is 5.10. The molecule has 1 atom stereocenters. The standard InChI is InChI=1S/C16H18FNO/c1-4-16(19,15-8-6-13(17)10-18-15)14-7-5-11(2)9-12(14)3/h5-10,19H,4H2,1-3H3. The lowest BCUT2D eigenvalue weighted by Gasteiger charge is -2.28. The summed E-state index contributed by atoms with van der Waals surface area (Å²) in [6, 6.07) is 8.77. The van der Waals surface area contributed by atoms with Crippen molar-refractivity contribution in [2.45, 2.75) is 32.8 Å². The van der Waals surface area contributed by atoms with Gasteiger partial charge in [0.15, 0.2) is 0 Å². The number of pyridine rings is 1. The average molecular weight is 259 g/mol. The van der Waals surface area contributed by atoms with Crippen molar-refractivity contribution in [1.29, 1.82) is 0 Å². The van der Waals surface area contributed by atoms with Crippen molar-refractivity contribution in [3.8, 4) is 0 Å². The van der Waals surface area contributed by atoms with E-state index < -0.39 is 11.4 Å². The summed E-state index contributed by atoms with van der Waals surface area (Å²) in [4.78, 5) is 4.04. The van der Waals surface area contributed by atoms with Crippen molar-refractivity contribution in [2.24, 2.45) is 0 Å². The normalized spacial score (nSPS) is 14.2. The van der Waals surface area contributed by atoms with Gasteiger partial charge in [0.05, 0.1) is 11.9 Å². The van der Waals surface area contributed by atoms with Crippen molar-refractivity contribution in [3.05, 3.63) is 64.7 Å². The highest BCUT2D eigenvalue weighted by Crippen LogP contribution is 2.33. The Bertz CT molecular complexity index is 580. The Morgan fingerprint density at radius 3 is 2.47 bits per heavy atom. The summed E-state index contributed by atoms with van der Waals surface area (Å²) < 4.78 is 13.0. The fourth-order valence-corrected chi connectivity index (χ4v) is 2.41. The van der Waals surface area contributed by atoms with E-state index in [2.05, 4.69) is 4.98 Å². The zero-order valence-electron chi connectivity index (χ0n) is 11.4. The number of aromatic nitrogens is 1. The van der Waals surface area contributed by atoms with Gasteiger partial charge in [0.1, 0.15) is 11.4 Å². The molecule has 0 amide bonds. The Hall–Kier alpha value is -1.74. The van der Waals surface area contributed by atoms with E-state index in [9.17, 15) is 9.50 Å². The molecular weight excluding hydrogens is 241 g/mol. The number of rotatable bonds is 3. The van der Waals surface area contributed by atoms with Crippen LogP contribution in [0.15, 0.2) is 36.5 Å². The number of benzene rings is 1. The molecule has 2 aromatic rings. The maximum Gasteiger partial charge on any atom is 0.141 e. The Labute approximate surface area is 112 Å². The highest BCUT2D eigenvalue weighted by molar-refractivity contribution is 5.39. The summed E-state index contributed by atoms with van der Waals surface area (Å²) in [6.45, 7) is 5.87. The summed E-state index contributed by atoms with van der Waals surface area (Å²) in [5.74, 6) is -0.400. The van der Waals surface area contributed by atoms with E-state index in [0.717, 1.165) is 22.9 Å². The van der Waals surface area contributed by atoms with Crippen LogP contribution in [0.4, 0.5) is 4.39 Å². The van der Waals surface area contributed by atoms with Crippen LogP contribution in [0.2, 0.25) is 0 Å². The first-order valence-corrected chi connectivity index (χ1v) is 6.39. The quantitative estimate of drug-likeness (QED) is 0.915. The van der Waals surface area contributed by atoms with Crippen LogP contribution in [-0.2, 0) is 5.60 Å². The predicted octanol–water partition coefficient (Wildman–Crippen LogP) is 3.48. The van der Waals surface area contributed by atoms with Crippen molar-refractivity contribution >= 4 is 0 Å². The summed E-state index contributed by atoms with van der Waals surface area (Å²) in [6.07, 6.45) is 1.62. The van der Waals surface area contributed by atoms with E-state index in [1.807, 2.05) is 39.0 Å². The SMILES string of the molecule is CCC(O)(c1ccc(F)cn1)c1ccc(C)cc1C. The fraction of sp³-hybridized carbons (Fsp3) is 0.312. The number of nitrogens with zero attached hydrogens (tertiary/aromatic N) is 1. The summed E-state index contributed by atoms with van der Waals surface area (Å²) in [7, 11) is 0. The summed E-state index contributed by atoms with van der Waals surface area (Å²) >= 11 is 0. The van der Waals surface area contributed by atoms with Gasteiger partial charge in [-0.05, 0) is 43.5 Å². The highest BCUT2D eigenvalue weighted by atomic mass is 19.1. The second-order valence-corrected chi connectivity index (χ2v) is 4.89. The molecule has 0 radical (unpaired) electrons. The van der Waals surface area contributed by atoms with Crippen LogP contribution in [0.1, 0.15) is 35.7 Å². The Morgan fingerprint density at radius 2 is 1.95 bits per heavy atom. The van der Waals surface area contributed by atoms with E-state index in [1.54, 1.807) is 0 Å². The van der Waals surface area contributed by atoms with Crippen LogP contribution >= 0.6 is 0 Å². The monoisotopic (exact) mass is 259 g/mol. The minimum atomic E-state index is -1.18. The van der Waals surface area contributed by atoms with Crippen molar-refractivity contribution in [1.82, 2.24) is 4.98 Å². The first kappa shape index (κ1) is 13.7. The molecule has 100 valence electrons. The van der Waals surface area contributed by atoms with Crippen LogP contribution in [0.5, 0.6) is 0 Å². The lowest BCUT2D eigenvalue weighted by atomic mass is 9.84. The van der Waals surface area contributed by atoms with Gasteiger partial charge in [-0.1, -0.05) is 30.7 Å². The summed E-state index contributed by atoms with van der Waals surface area (Å²) in [5.41, 5.74) is 2.27. The molecule has 0 saturated carbocycles. The first-order valence-electron chi connectivity index (χ1n) is 6.39. The number of hydrogen-bond donors (Lipinski definition) is 1. The molecule has 0 saturated heterocycles. The minimum absolute atomic E-state index is 0.400. The van der Waals surface area contributed by atoms with Gasteiger partial charge >= 0.3 is 0 Å². The molecular formula is C16H18FNO. The van der Waals surface area contributed by atoms with Gasteiger partial charge in [0.25, 0.3) is 0 Å². The number of aryl methyl sites for hydroxylation is 2. The third-order valence-electron chi connectivity index (χ3n) is 3.49. The van der Waals surface area contributed by atoms with Gasteiger partial charge in [-0.3, -0.25) is 4.98 Å². The molecule has 1 N–H and O–H groups in total. The third kappa shape index (κ3) is 2.51. The van der Waals surface area contributed by atoms with Crippen molar-refractivity contribution in [2.75, 3.05) is 0 Å². The largest absolute Gasteiger partial charge is 0.379 e. The van der Waals surface area contributed by atoms with E-state index in [1.165, 1.54) is 12.1 Å². The van der Waals surface area contributed by atoms with E-state index in [-0.39, 0.29) is 0 Å². The predicted molar refractivity (Wildman–Crippen MR) is 73.4 cm³/mol. The first-order chi connectivity index (χ1) is 8.97. The molecule has 2 rings (SSSR count). The smallest absolute Gasteiger partial charge is 0.141 e. The van der Waals surface area contributed by atoms with Crippen LogP contribution in [-0.4, -0.2) is 10.1 Å². The van der Waals surface area contributed by atoms with Gasteiger partial charge in [0.2, 0.25) is 0 Å². The molecule has 1 aromatic carbocycles. The molecule has 1 unspecified atom stereocenters. The number of aliphatic hydroxyl groups is 1. The lowest BCUT2D eigenvalue weighted by molar-refractivity contribution is 0.0711. The molecule has 0 aliphatic rings. The Morgan fingerprint density at radius 1 is 1.21 bits per heavy atom. The highest BCUT2D eigenvalue weighted by Gasteiger charge is 2.32. The maximum absolute atomic E-state index is 13.0. The topological polar surface area (TPSA) is 33.1 Å². The van der Waals surface area contributed by atoms with Gasteiger partial charge in [-0.25, -0.2) is 4.39 Å². The van der Waals surface area contributed by atoms with Crippen molar-refractivity contribution in [3.63, 3.8) is 0 Å². The molecule has 0 spiro atoms. The van der Waals surface area contributed by atoms with Crippen LogP contribution in [0.25, 0.3) is 0 Å².